The van der Waals surface area contributed by atoms with Gasteiger partial charge >= 0.3 is 0 Å². The molecule has 0 saturated carbocycles. The van der Waals surface area contributed by atoms with Gasteiger partial charge in [-0.05, 0) is 33.2 Å². The minimum atomic E-state index is -0.538. The fourth-order valence-electron chi connectivity index (χ4n) is 2.20. The molecular formula is C11H24N2O2. The van der Waals surface area contributed by atoms with E-state index in [1.807, 2.05) is 13.8 Å². The molecule has 4 heteroatoms. The van der Waals surface area contributed by atoms with Crippen LogP contribution in [0.2, 0.25) is 0 Å². The third-order valence-electron chi connectivity index (χ3n) is 2.88. The van der Waals surface area contributed by atoms with Gasteiger partial charge in [-0.3, -0.25) is 4.90 Å². The molecule has 1 fully saturated rings. The van der Waals surface area contributed by atoms with Crippen molar-refractivity contribution in [2.24, 2.45) is 5.73 Å². The lowest BCUT2D eigenvalue weighted by Crippen LogP contribution is -2.49. The fourth-order valence-corrected chi connectivity index (χ4v) is 2.20. The largest absolute Gasteiger partial charge is 0.389 e. The molecular weight excluding hydrogens is 192 g/mol. The molecule has 1 aliphatic rings. The van der Waals surface area contributed by atoms with Gasteiger partial charge in [0.05, 0.1) is 11.7 Å². The predicted molar refractivity (Wildman–Crippen MR) is 60.8 cm³/mol. The molecule has 3 N–H and O–H groups in total. The van der Waals surface area contributed by atoms with Crippen LogP contribution in [0.15, 0.2) is 0 Å². The van der Waals surface area contributed by atoms with E-state index in [-0.39, 0.29) is 6.10 Å². The molecule has 1 saturated heterocycles. The Labute approximate surface area is 92.4 Å². The number of likely N-dealkylation sites (tertiary alicyclic amines) is 1. The van der Waals surface area contributed by atoms with Crippen molar-refractivity contribution in [2.45, 2.75) is 38.4 Å². The van der Waals surface area contributed by atoms with Crippen molar-refractivity contribution in [3.63, 3.8) is 0 Å². The van der Waals surface area contributed by atoms with Crippen LogP contribution in [0.4, 0.5) is 0 Å². The number of piperidine rings is 1. The van der Waals surface area contributed by atoms with Gasteiger partial charge in [0.1, 0.15) is 0 Å². The van der Waals surface area contributed by atoms with Crippen LogP contribution in [0.25, 0.3) is 0 Å². The van der Waals surface area contributed by atoms with E-state index in [0.29, 0.717) is 13.2 Å². The Morgan fingerprint density at radius 3 is 2.87 bits per heavy atom. The molecule has 0 radical (unpaired) electrons. The third-order valence-corrected chi connectivity index (χ3v) is 2.88. The molecule has 0 aromatic heterocycles. The van der Waals surface area contributed by atoms with Crippen molar-refractivity contribution in [2.75, 3.05) is 32.8 Å². The lowest BCUT2D eigenvalue weighted by Gasteiger charge is -2.38. The Morgan fingerprint density at radius 2 is 2.33 bits per heavy atom. The molecule has 2 atom stereocenters. The number of aliphatic hydroxyl groups is 1. The summed E-state index contributed by atoms with van der Waals surface area (Å²) in [6, 6.07) is 0. The summed E-state index contributed by atoms with van der Waals surface area (Å²) in [5.74, 6) is 0. The minimum absolute atomic E-state index is 0.101. The molecule has 90 valence electrons. The first-order chi connectivity index (χ1) is 7.07. The summed E-state index contributed by atoms with van der Waals surface area (Å²) in [5.41, 5.74) is 5.09. The third kappa shape index (κ3) is 4.47. The minimum Gasteiger partial charge on any atom is -0.389 e. The molecule has 0 aliphatic carbocycles. The van der Waals surface area contributed by atoms with Gasteiger partial charge in [0.15, 0.2) is 0 Å². The smallest absolute Gasteiger partial charge is 0.0823 e. The number of nitrogens with zero attached hydrogens (tertiary/aromatic N) is 1. The van der Waals surface area contributed by atoms with Crippen LogP contribution in [-0.2, 0) is 4.74 Å². The van der Waals surface area contributed by atoms with Gasteiger partial charge in [-0.1, -0.05) is 0 Å². The Bertz CT molecular complexity index is 185. The summed E-state index contributed by atoms with van der Waals surface area (Å²) in [6.07, 6.45) is 2.05. The fraction of sp³-hybridized carbons (Fsp3) is 1.00. The Kier molecular flexibility index (Phi) is 4.99. The summed E-state index contributed by atoms with van der Waals surface area (Å²) in [5, 5.41) is 9.95. The standard InChI is InChI=1S/C11H24N2O2/c1-3-15-10(7-12)8-13-6-4-5-11(2,14)9-13/h10,14H,3-9,12H2,1-2H3. The molecule has 15 heavy (non-hydrogen) atoms. The summed E-state index contributed by atoms with van der Waals surface area (Å²) < 4.78 is 5.51. The van der Waals surface area contributed by atoms with Crippen molar-refractivity contribution in [1.82, 2.24) is 4.90 Å². The second-order valence-corrected chi connectivity index (χ2v) is 4.65. The topological polar surface area (TPSA) is 58.7 Å². The second kappa shape index (κ2) is 5.80. The summed E-state index contributed by atoms with van der Waals surface area (Å²) in [4.78, 5) is 2.25. The van der Waals surface area contributed by atoms with Crippen molar-refractivity contribution >= 4 is 0 Å². The van der Waals surface area contributed by atoms with Gasteiger partial charge in [0.2, 0.25) is 0 Å². The van der Waals surface area contributed by atoms with Crippen molar-refractivity contribution in [1.29, 1.82) is 0 Å². The first-order valence-corrected chi connectivity index (χ1v) is 5.84. The summed E-state index contributed by atoms with van der Waals surface area (Å²) >= 11 is 0. The molecule has 1 aliphatic heterocycles. The maximum atomic E-state index is 9.95. The average molecular weight is 216 g/mol. The van der Waals surface area contributed by atoms with E-state index < -0.39 is 5.60 Å². The van der Waals surface area contributed by atoms with E-state index in [2.05, 4.69) is 4.90 Å². The Balaban J connectivity index is 2.36. The van der Waals surface area contributed by atoms with Crippen molar-refractivity contribution < 1.29 is 9.84 Å². The zero-order valence-electron chi connectivity index (χ0n) is 9.91. The Morgan fingerprint density at radius 1 is 1.60 bits per heavy atom. The SMILES string of the molecule is CCOC(CN)CN1CCCC(C)(O)C1. The highest BCUT2D eigenvalue weighted by molar-refractivity contribution is 4.84. The van der Waals surface area contributed by atoms with Gasteiger partial charge < -0.3 is 15.6 Å². The molecule has 0 aromatic rings. The van der Waals surface area contributed by atoms with E-state index in [1.54, 1.807) is 0 Å². The second-order valence-electron chi connectivity index (χ2n) is 4.65. The van der Waals surface area contributed by atoms with Crippen LogP contribution >= 0.6 is 0 Å². The van der Waals surface area contributed by atoms with Crippen LogP contribution in [0.1, 0.15) is 26.7 Å². The lowest BCUT2D eigenvalue weighted by atomic mass is 9.95. The van der Waals surface area contributed by atoms with E-state index in [4.69, 9.17) is 10.5 Å². The molecule has 0 bridgehead atoms. The number of hydrogen-bond donors (Lipinski definition) is 2. The van der Waals surface area contributed by atoms with Gasteiger partial charge in [0, 0.05) is 26.2 Å². The maximum Gasteiger partial charge on any atom is 0.0823 e. The maximum absolute atomic E-state index is 9.95. The first-order valence-electron chi connectivity index (χ1n) is 5.84. The zero-order valence-corrected chi connectivity index (χ0v) is 9.91. The average Bonchev–Trinajstić information content (AvgIpc) is 2.15. The molecule has 0 spiro atoms. The highest BCUT2D eigenvalue weighted by atomic mass is 16.5. The van der Waals surface area contributed by atoms with Crippen molar-refractivity contribution in [3.05, 3.63) is 0 Å². The number of β-amino-alcohol motifs (C(OH)–C–C–N with tert-alkyl or cyclic N) is 1. The molecule has 0 aromatic carbocycles. The molecule has 4 nitrogen and oxygen atoms in total. The monoisotopic (exact) mass is 216 g/mol. The normalized spacial score (nSPS) is 30.4. The van der Waals surface area contributed by atoms with E-state index in [1.165, 1.54) is 0 Å². The van der Waals surface area contributed by atoms with Crippen LogP contribution in [0, 0.1) is 0 Å². The Hall–Kier alpha value is -0.160. The van der Waals surface area contributed by atoms with E-state index >= 15 is 0 Å². The van der Waals surface area contributed by atoms with Gasteiger partial charge in [-0.15, -0.1) is 0 Å². The van der Waals surface area contributed by atoms with E-state index in [9.17, 15) is 5.11 Å². The van der Waals surface area contributed by atoms with Crippen molar-refractivity contribution in [3.8, 4) is 0 Å². The number of nitrogens with two attached hydrogens (primary N) is 1. The molecule has 1 heterocycles. The highest BCUT2D eigenvalue weighted by Crippen LogP contribution is 2.20. The quantitative estimate of drug-likeness (QED) is 0.689. The van der Waals surface area contributed by atoms with E-state index in [0.717, 1.165) is 32.5 Å². The van der Waals surface area contributed by atoms with Gasteiger partial charge in [-0.2, -0.15) is 0 Å². The number of hydrogen-bond acceptors (Lipinski definition) is 4. The number of ether oxygens (including phenoxy) is 1. The number of rotatable bonds is 5. The zero-order chi connectivity index (χ0) is 11.3. The highest BCUT2D eigenvalue weighted by Gasteiger charge is 2.29. The predicted octanol–water partition coefficient (Wildman–Crippen LogP) is 0.197. The summed E-state index contributed by atoms with van der Waals surface area (Å²) in [7, 11) is 0. The van der Waals surface area contributed by atoms with Crippen LogP contribution in [0.3, 0.4) is 0 Å². The lowest BCUT2D eigenvalue weighted by molar-refractivity contribution is -0.0368. The van der Waals surface area contributed by atoms with Gasteiger partial charge in [-0.25, -0.2) is 0 Å². The molecule has 1 rings (SSSR count). The molecule has 2 unspecified atom stereocenters. The molecule has 0 amide bonds. The summed E-state index contributed by atoms with van der Waals surface area (Å²) in [6.45, 7) is 7.74. The van der Waals surface area contributed by atoms with Gasteiger partial charge in [0.25, 0.3) is 0 Å². The van der Waals surface area contributed by atoms with Crippen LogP contribution in [0.5, 0.6) is 0 Å². The van der Waals surface area contributed by atoms with Crippen LogP contribution < -0.4 is 5.73 Å². The first kappa shape index (κ1) is 12.9. The van der Waals surface area contributed by atoms with Crippen LogP contribution in [-0.4, -0.2) is 54.5 Å².